The second-order valence-electron chi connectivity index (χ2n) is 5.51. The number of nitro groups is 1. The first kappa shape index (κ1) is 16.2. The molecular formula is C15H22BrN3O2. The fourth-order valence-corrected chi connectivity index (χ4v) is 3.55. The molecule has 1 saturated heterocycles. The van der Waals surface area contributed by atoms with Crippen LogP contribution in [0.25, 0.3) is 0 Å². The Bertz CT molecular complexity index is 510. The van der Waals surface area contributed by atoms with Crippen molar-refractivity contribution in [2.75, 3.05) is 31.6 Å². The summed E-state index contributed by atoms with van der Waals surface area (Å²) in [7, 11) is 2.07. The molecule has 1 aliphatic heterocycles. The van der Waals surface area contributed by atoms with Crippen LogP contribution in [-0.2, 0) is 5.33 Å². The number of likely N-dealkylation sites (tertiary alicyclic amines) is 1. The zero-order valence-electron chi connectivity index (χ0n) is 12.6. The minimum absolute atomic E-state index is 0.151. The molecule has 21 heavy (non-hydrogen) atoms. The Kier molecular flexibility index (Phi) is 5.58. The Morgan fingerprint density at radius 3 is 2.90 bits per heavy atom. The van der Waals surface area contributed by atoms with Crippen LogP contribution in [0.1, 0.15) is 25.3 Å². The van der Waals surface area contributed by atoms with E-state index < -0.39 is 0 Å². The third-order valence-corrected chi connectivity index (χ3v) is 4.82. The number of benzene rings is 1. The van der Waals surface area contributed by atoms with Gasteiger partial charge in [-0.15, -0.1) is 0 Å². The maximum atomic E-state index is 10.9. The average molecular weight is 356 g/mol. The Morgan fingerprint density at radius 2 is 2.29 bits per heavy atom. The summed E-state index contributed by atoms with van der Waals surface area (Å²) in [6.07, 6.45) is 2.49. The monoisotopic (exact) mass is 355 g/mol. The minimum Gasteiger partial charge on any atom is -0.373 e. The number of rotatable bonds is 6. The highest BCUT2D eigenvalue weighted by Crippen LogP contribution is 2.28. The number of hydrogen-bond acceptors (Lipinski definition) is 4. The summed E-state index contributed by atoms with van der Waals surface area (Å²) in [5.41, 5.74) is 2.19. The maximum absolute atomic E-state index is 10.9. The summed E-state index contributed by atoms with van der Waals surface area (Å²) in [5, 5.41) is 11.5. The molecule has 0 aliphatic carbocycles. The summed E-state index contributed by atoms with van der Waals surface area (Å²) >= 11 is 3.44. The van der Waals surface area contributed by atoms with Gasteiger partial charge in [-0.05, 0) is 37.6 Å². The molecule has 0 spiro atoms. The van der Waals surface area contributed by atoms with Crippen LogP contribution in [0.15, 0.2) is 18.2 Å². The molecule has 116 valence electrons. The zero-order chi connectivity index (χ0) is 15.4. The van der Waals surface area contributed by atoms with Crippen LogP contribution in [0.3, 0.4) is 0 Å². The lowest BCUT2D eigenvalue weighted by molar-refractivity contribution is -0.384. The van der Waals surface area contributed by atoms with Crippen molar-refractivity contribution in [1.29, 1.82) is 0 Å². The van der Waals surface area contributed by atoms with E-state index in [-0.39, 0.29) is 10.6 Å². The molecule has 1 fully saturated rings. The summed E-state index contributed by atoms with van der Waals surface area (Å²) in [6, 6.07) is 5.69. The van der Waals surface area contributed by atoms with E-state index in [0.29, 0.717) is 11.4 Å². The molecule has 0 radical (unpaired) electrons. The molecule has 1 aromatic carbocycles. The number of alkyl halides is 1. The lowest BCUT2D eigenvalue weighted by Gasteiger charge is -2.30. The van der Waals surface area contributed by atoms with E-state index in [1.54, 1.807) is 12.1 Å². The standard InChI is InChI=1S/C15H22BrN3O2/c1-3-18-8-4-5-14(18)11-17(2)15-7-6-13(19(20)21)9-12(15)10-16/h6-7,9,14H,3-5,8,10-11H2,1-2H3. The van der Waals surface area contributed by atoms with Crippen molar-refractivity contribution < 1.29 is 4.92 Å². The number of hydrogen-bond donors (Lipinski definition) is 0. The molecule has 0 N–H and O–H groups in total. The van der Waals surface area contributed by atoms with Gasteiger partial charge in [-0.1, -0.05) is 22.9 Å². The molecule has 1 unspecified atom stereocenters. The van der Waals surface area contributed by atoms with Crippen molar-refractivity contribution >= 4 is 27.3 Å². The second kappa shape index (κ2) is 7.22. The molecule has 1 aromatic rings. The predicted molar refractivity (Wildman–Crippen MR) is 89.3 cm³/mol. The van der Waals surface area contributed by atoms with E-state index in [4.69, 9.17) is 0 Å². The van der Waals surface area contributed by atoms with Gasteiger partial charge in [0.1, 0.15) is 0 Å². The van der Waals surface area contributed by atoms with Crippen LogP contribution in [0.5, 0.6) is 0 Å². The highest BCUT2D eigenvalue weighted by molar-refractivity contribution is 9.08. The van der Waals surface area contributed by atoms with Crippen molar-refractivity contribution in [3.8, 4) is 0 Å². The van der Waals surface area contributed by atoms with E-state index in [9.17, 15) is 10.1 Å². The van der Waals surface area contributed by atoms with Crippen molar-refractivity contribution in [3.05, 3.63) is 33.9 Å². The number of halogens is 1. The summed E-state index contributed by atoms with van der Waals surface area (Å²) in [5.74, 6) is 0. The third kappa shape index (κ3) is 3.74. The van der Waals surface area contributed by atoms with Gasteiger partial charge in [0.15, 0.2) is 0 Å². The normalized spacial score (nSPS) is 18.9. The molecule has 0 aromatic heterocycles. The summed E-state index contributed by atoms with van der Waals surface area (Å²) < 4.78 is 0. The van der Waals surface area contributed by atoms with E-state index in [1.165, 1.54) is 19.4 Å². The molecular weight excluding hydrogens is 334 g/mol. The van der Waals surface area contributed by atoms with Gasteiger partial charge in [0, 0.05) is 42.8 Å². The van der Waals surface area contributed by atoms with Crippen molar-refractivity contribution in [1.82, 2.24) is 4.90 Å². The van der Waals surface area contributed by atoms with Crippen LogP contribution in [-0.4, -0.2) is 42.5 Å². The minimum atomic E-state index is -0.342. The molecule has 1 aliphatic rings. The Hall–Kier alpha value is -1.14. The molecule has 0 bridgehead atoms. The highest BCUT2D eigenvalue weighted by atomic mass is 79.9. The van der Waals surface area contributed by atoms with Gasteiger partial charge in [0.2, 0.25) is 0 Å². The maximum Gasteiger partial charge on any atom is 0.269 e. The second-order valence-corrected chi connectivity index (χ2v) is 6.07. The lowest BCUT2D eigenvalue weighted by Crippen LogP contribution is -2.39. The number of nitrogens with zero attached hydrogens (tertiary/aromatic N) is 3. The third-order valence-electron chi connectivity index (χ3n) is 4.22. The van der Waals surface area contributed by atoms with Gasteiger partial charge in [0.05, 0.1) is 4.92 Å². The molecule has 2 rings (SSSR count). The summed E-state index contributed by atoms with van der Waals surface area (Å²) in [6.45, 7) is 5.43. The number of likely N-dealkylation sites (N-methyl/N-ethyl adjacent to an activating group) is 2. The van der Waals surface area contributed by atoms with Gasteiger partial charge in [-0.25, -0.2) is 0 Å². The van der Waals surface area contributed by atoms with Crippen LogP contribution in [0.2, 0.25) is 0 Å². The Labute approximate surface area is 134 Å². The average Bonchev–Trinajstić information content (AvgIpc) is 2.93. The van der Waals surface area contributed by atoms with Gasteiger partial charge in [0.25, 0.3) is 5.69 Å². The molecule has 0 amide bonds. The fraction of sp³-hybridized carbons (Fsp3) is 0.600. The molecule has 0 saturated carbocycles. The van der Waals surface area contributed by atoms with Gasteiger partial charge in [-0.2, -0.15) is 0 Å². The Balaban J connectivity index is 2.14. The van der Waals surface area contributed by atoms with Gasteiger partial charge < -0.3 is 4.90 Å². The van der Waals surface area contributed by atoms with Gasteiger partial charge >= 0.3 is 0 Å². The summed E-state index contributed by atoms with van der Waals surface area (Å²) in [4.78, 5) is 15.3. The van der Waals surface area contributed by atoms with E-state index >= 15 is 0 Å². The van der Waals surface area contributed by atoms with Crippen molar-refractivity contribution in [2.45, 2.75) is 31.1 Å². The lowest BCUT2D eigenvalue weighted by atomic mass is 10.1. The smallest absolute Gasteiger partial charge is 0.269 e. The van der Waals surface area contributed by atoms with Crippen molar-refractivity contribution in [2.24, 2.45) is 0 Å². The molecule has 1 atom stereocenters. The molecule has 6 heteroatoms. The van der Waals surface area contributed by atoms with Crippen LogP contribution in [0, 0.1) is 10.1 Å². The van der Waals surface area contributed by atoms with Crippen LogP contribution >= 0.6 is 15.9 Å². The first-order valence-electron chi connectivity index (χ1n) is 7.35. The van der Waals surface area contributed by atoms with Crippen molar-refractivity contribution in [3.63, 3.8) is 0 Å². The zero-order valence-corrected chi connectivity index (χ0v) is 14.2. The van der Waals surface area contributed by atoms with Crippen LogP contribution < -0.4 is 4.90 Å². The predicted octanol–water partition coefficient (Wildman–Crippen LogP) is 3.41. The largest absolute Gasteiger partial charge is 0.373 e. The molecule has 5 nitrogen and oxygen atoms in total. The first-order chi connectivity index (χ1) is 10.1. The van der Waals surface area contributed by atoms with E-state index in [2.05, 4.69) is 39.7 Å². The fourth-order valence-electron chi connectivity index (χ4n) is 3.10. The highest BCUT2D eigenvalue weighted by Gasteiger charge is 2.25. The van der Waals surface area contributed by atoms with Crippen LogP contribution in [0.4, 0.5) is 11.4 Å². The number of nitro benzene ring substituents is 1. The SMILES string of the molecule is CCN1CCCC1CN(C)c1ccc([N+](=O)[O-])cc1CBr. The molecule has 1 heterocycles. The van der Waals surface area contributed by atoms with E-state index in [1.807, 2.05) is 6.07 Å². The van der Waals surface area contributed by atoms with Gasteiger partial charge in [-0.3, -0.25) is 15.0 Å². The first-order valence-corrected chi connectivity index (χ1v) is 8.47. The Morgan fingerprint density at radius 1 is 1.52 bits per heavy atom. The van der Waals surface area contributed by atoms with E-state index in [0.717, 1.165) is 24.3 Å². The number of non-ortho nitro benzene ring substituents is 1. The topological polar surface area (TPSA) is 49.6 Å². The number of anilines is 1. The quantitative estimate of drug-likeness (QED) is 0.445.